The van der Waals surface area contributed by atoms with Crippen molar-refractivity contribution in [1.82, 2.24) is 10.2 Å². The van der Waals surface area contributed by atoms with Crippen LogP contribution in [0.15, 0.2) is 76.0 Å². The Hall–Kier alpha value is -3.42. The van der Waals surface area contributed by atoms with Crippen molar-refractivity contribution >= 4 is 16.9 Å². The first-order valence-corrected chi connectivity index (χ1v) is 11.5. The molecule has 176 valence electrons. The molecule has 0 saturated carbocycles. The van der Waals surface area contributed by atoms with Gasteiger partial charge in [0.15, 0.2) is 5.76 Å². The Morgan fingerprint density at radius 2 is 1.94 bits per heavy atom. The van der Waals surface area contributed by atoms with Crippen LogP contribution in [0.3, 0.4) is 0 Å². The van der Waals surface area contributed by atoms with E-state index in [1.807, 2.05) is 18.2 Å². The zero-order valence-electron chi connectivity index (χ0n) is 18.8. The van der Waals surface area contributed by atoms with Crippen LogP contribution in [-0.4, -0.2) is 35.5 Å². The first-order valence-electron chi connectivity index (χ1n) is 11.5. The third-order valence-electron chi connectivity index (χ3n) is 6.58. The Kier molecular flexibility index (Phi) is 6.22. The predicted octanol–water partition coefficient (Wildman–Crippen LogP) is 4.62. The van der Waals surface area contributed by atoms with E-state index in [1.54, 1.807) is 42.9 Å². The van der Waals surface area contributed by atoms with E-state index in [-0.39, 0.29) is 17.5 Å². The summed E-state index contributed by atoms with van der Waals surface area (Å²) < 4.78 is 24.6. The average Bonchev–Trinajstić information content (AvgIpc) is 3.51. The van der Waals surface area contributed by atoms with Crippen LogP contribution < -0.4 is 5.32 Å². The molecule has 0 spiro atoms. The molecule has 1 fully saturated rings. The first kappa shape index (κ1) is 22.4. The number of hydrogen-bond donors (Lipinski definition) is 2. The second kappa shape index (κ2) is 9.44. The standard InChI is InChI=1S/C27H27FN2O4/c28-23-4-2-1-3-20(23)7-11-29-26(31)25-16-21-15-22(5-6-24(21)34-25)27(32)9-12-30(13-10-27)17-19-8-14-33-18-19/h1-6,8,14-16,18,32H,7,9-13,17H2,(H,29,31). The van der Waals surface area contributed by atoms with Crippen molar-refractivity contribution < 1.29 is 23.1 Å². The van der Waals surface area contributed by atoms with E-state index in [1.165, 1.54) is 6.07 Å². The summed E-state index contributed by atoms with van der Waals surface area (Å²) in [5, 5.41) is 14.9. The molecule has 0 radical (unpaired) electrons. The zero-order chi connectivity index (χ0) is 23.5. The number of fused-ring (bicyclic) bond motifs is 1. The highest BCUT2D eigenvalue weighted by Gasteiger charge is 2.34. The van der Waals surface area contributed by atoms with Gasteiger partial charge in [-0.15, -0.1) is 0 Å². The van der Waals surface area contributed by atoms with Crippen LogP contribution in [0.25, 0.3) is 11.0 Å². The molecule has 6 nitrogen and oxygen atoms in total. The number of furan rings is 2. The highest BCUT2D eigenvalue weighted by Crippen LogP contribution is 2.35. The van der Waals surface area contributed by atoms with Gasteiger partial charge in [-0.2, -0.15) is 0 Å². The molecule has 2 aromatic carbocycles. The van der Waals surface area contributed by atoms with E-state index in [2.05, 4.69) is 10.2 Å². The monoisotopic (exact) mass is 462 g/mol. The number of nitrogens with zero attached hydrogens (tertiary/aromatic N) is 1. The molecule has 1 saturated heterocycles. The number of benzene rings is 2. The fourth-order valence-electron chi connectivity index (χ4n) is 4.55. The minimum absolute atomic E-state index is 0.197. The molecule has 5 rings (SSSR count). The molecule has 4 aromatic rings. The van der Waals surface area contributed by atoms with Gasteiger partial charge in [-0.05, 0) is 60.7 Å². The highest BCUT2D eigenvalue weighted by molar-refractivity contribution is 5.96. The maximum atomic E-state index is 13.7. The normalized spacial score (nSPS) is 16.1. The van der Waals surface area contributed by atoms with Crippen molar-refractivity contribution in [3.05, 3.63) is 95.4 Å². The lowest BCUT2D eigenvalue weighted by Crippen LogP contribution is -2.42. The van der Waals surface area contributed by atoms with Gasteiger partial charge < -0.3 is 19.3 Å². The SMILES string of the molecule is O=C(NCCc1ccccc1F)c1cc2cc(C3(O)CCN(Cc4ccoc4)CC3)ccc2o1. The van der Waals surface area contributed by atoms with Gasteiger partial charge in [0.05, 0.1) is 18.1 Å². The molecule has 0 bridgehead atoms. The molecule has 3 heterocycles. The summed E-state index contributed by atoms with van der Waals surface area (Å²) in [5.74, 6) is -0.429. The first-order chi connectivity index (χ1) is 16.5. The van der Waals surface area contributed by atoms with Gasteiger partial charge in [0, 0.05) is 37.1 Å². The Bertz CT molecular complexity index is 1270. The topological polar surface area (TPSA) is 78.9 Å². The Labute approximate surface area is 197 Å². The Morgan fingerprint density at radius 3 is 2.71 bits per heavy atom. The zero-order valence-corrected chi connectivity index (χ0v) is 18.8. The van der Waals surface area contributed by atoms with Gasteiger partial charge in [-0.3, -0.25) is 9.69 Å². The molecule has 0 atom stereocenters. The predicted molar refractivity (Wildman–Crippen MR) is 126 cm³/mol. The van der Waals surface area contributed by atoms with E-state index < -0.39 is 5.60 Å². The highest BCUT2D eigenvalue weighted by atomic mass is 19.1. The number of rotatable bonds is 7. The molecule has 1 aliphatic rings. The van der Waals surface area contributed by atoms with Gasteiger partial charge in [0.25, 0.3) is 5.91 Å². The molecule has 7 heteroatoms. The van der Waals surface area contributed by atoms with Crippen molar-refractivity contribution in [2.45, 2.75) is 31.4 Å². The van der Waals surface area contributed by atoms with Crippen LogP contribution >= 0.6 is 0 Å². The maximum absolute atomic E-state index is 13.7. The number of hydrogen-bond acceptors (Lipinski definition) is 5. The van der Waals surface area contributed by atoms with Crippen molar-refractivity contribution in [3.63, 3.8) is 0 Å². The third-order valence-corrected chi connectivity index (χ3v) is 6.58. The summed E-state index contributed by atoms with van der Waals surface area (Å²) in [4.78, 5) is 14.9. The lowest BCUT2D eigenvalue weighted by molar-refractivity contribution is -0.0276. The quantitative estimate of drug-likeness (QED) is 0.419. The summed E-state index contributed by atoms with van der Waals surface area (Å²) in [6.45, 7) is 2.67. The fourth-order valence-corrected chi connectivity index (χ4v) is 4.55. The van der Waals surface area contributed by atoms with Crippen LogP contribution in [0, 0.1) is 5.82 Å². The molecule has 2 aromatic heterocycles. The van der Waals surface area contributed by atoms with E-state index in [4.69, 9.17) is 8.83 Å². The summed E-state index contributed by atoms with van der Waals surface area (Å²) in [6, 6.07) is 15.8. The molecular weight excluding hydrogens is 435 g/mol. The second-order valence-corrected chi connectivity index (χ2v) is 8.90. The van der Waals surface area contributed by atoms with Crippen LogP contribution in [0.4, 0.5) is 4.39 Å². The number of carbonyl (C=O) groups is 1. The van der Waals surface area contributed by atoms with E-state index in [0.29, 0.717) is 37.0 Å². The number of amides is 1. The molecule has 0 aliphatic carbocycles. The second-order valence-electron chi connectivity index (χ2n) is 8.90. The number of halogens is 1. The van der Waals surface area contributed by atoms with Crippen LogP contribution in [0.2, 0.25) is 0 Å². The van der Waals surface area contributed by atoms with Gasteiger partial charge in [-0.1, -0.05) is 24.3 Å². The Balaban J connectivity index is 1.22. The average molecular weight is 463 g/mol. The van der Waals surface area contributed by atoms with Crippen molar-refractivity contribution in [1.29, 1.82) is 0 Å². The lowest BCUT2D eigenvalue weighted by Gasteiger charge is -2.38. The summed E-state index contributed by atoms with van der Waals surface area (Å²) in [5.41, 5.74) is 2.19. The van der Waals surface area contributed by atoms with Crippen molar-refractivity contribution in [2.24, 2.45) is 0 Å². The lowest BCUT2D eigenvalue weighted by atomic mass is 9.84. The minimum Gasteiger partial charge on any atom is -0.472 e. The van der Waals surface area contributed by atoms with Crippen LogP contribution in [0.5, 0.6) is 0 Å². The smallest absolute Gasteiger partial charge is 0.287 e. The van der Waals surface area contributed by atoms with Gasteiger partial charge >= 0.3 is 0 Å². The Morgan fingerprint density at radius 1 is 1.12 bits per heavy atom. The molecular formula is C27H27FN2O4. The number of nitrogens with one attached hydrogen (secondary N) is 1. The molecule has 1 amide bonds. The van der Waals surface area contributed by atoms with Crippen LogP contribution in [0.1, 0.15) is 40.1 Å². The maximum Gasteiger partial charge on any atom is 0.287 e. The van der Waals surface area contributed by atoms with Crippen LogP contribution in [-0.2, 0) is 18.6 Å². The van der Waals surface area contributed by atoms with Gasteiger partial charge in [0.2, 0.25) is 0 Å². The minimum atomic E-state index is -0.916. The third kappa shape index (κ3) is 4.76. The molecule has 0 unspecified atom stereocenters. The van der Waals surface area contributed by atoms with Crippen molar-refractivity contribution in [2.75, 3.05) is 19.6 Å². The molecule has 34 heavy (non-hydrogen) atoms. The van der Waals surface area contributed by atoms with E-state index >= 15 is 0 Å². The van der Waals surface area contributed by atoms with E-state index in [0.717, 1.165) is 36.1 Å². The summed E-state index contributed by atoms with van der Waals surface area (Å²) in [7, 11) is 0. The largest absolute Gasteiger partial charge is 0.472 e. The fraction of sp³-hybridized carbons (Fsp3) is 0.296. The van der Waals surface area contributed by atoms with Gasteiger partial charge in [0.1, 0.15) is 11.4 Å². The number of aliphatic hydroxyl groups is 1. The number of carbonyl (C=O) groups excluding carboxylic acids is 1. The van der Waals surface area contributed by atoms with Gasteiger partial charge in [-0.25, -0.2) is 4.39 Å². The number of likely N-dealkylation sites (tertiary alicyclic amines) is 1. The summed E-state index contributed by atoms with van der Waals surface area (Å²) in [6.07, 6.45) is 5.07. The molecule has 2 N–H and O–H groups in total. The number of piperidine rings is 1. The molecule has 1 aliphatic heterocycles. The van der Waals surface area contributed by atoms with E-state index in [9.17, 15) is 14.3 Å². The van der Waals surface area contributed by atoms with Crippen molar-refractivity contribution in [3.8, 4) is 0 Å². The summed E-state index contributed by atoms with van der Waals surface area (Å²) >= 11 is 0.